The minimum absolute atomic E-state index is 0.0269. The Morgan fingerprint density at radius 1 is 1.25 bits per heavy atom. The van der Waals surface area contributed by atoms with Crippen molar-refractivity contribution in [3.63, 3.8) is 0 Å². The van der Waals surface area contributed by atoms with E-state index in [4.69, 9.17) is 14.2 Å². The molecule has 0 saturated carbocycles. The van der Waals surface area contributed by atoms with E-state index < -0.39 is 5.79 Å². The molecule has 3 rings (SSSR count). The molecule has 0 bridgehead atoms. The molecule has 2 aliphatic heterocycles. The highest BCUT2D eigenvalue weighted by Crippen LogP contribution is 2.31. The Bertz CT molecular complexity index is 583. The number of amides is 1. The van der Waals surface area contributed by atoms with E-state index in [0.717, 1.165) is 29.7 Å². The van der Waals surface area contributed by atoms with Gasteiger partial charge in [0.05, 0.1) is 13.2 Å². The highest BCUT2D eigenvalue weighted by Gasteiger charge is 2.40. The number of ether oxygens (including phenoxy) is 3. The van der Waals surface area contributed by atoms with Gasteiger partial charge in [-0.15, -0.1) is 0 Å². The third-order valence-electron chi connectivity index (χ3n) is 4.83. The van der Waals surface area contributed by atoms with Gasteiger partial charge in [-0.05, 0) is 30.0 Å². The number of hydrogen-bond acceptors (Lipinski definition) is 4. The fraction of sp³-hybridized carbons (Fsp3) is 0.632. The standard InChI is InChI=1S/C19H27NO4/c1-14(2)16-5-4-15(3)12-17(16)22-13-18(21)20-8-6-19(7-9-20)23-10-11-24-19/h4-5,12,14H,6-11,13H2,1-3H3. The van der Waals surface area contributed by atoms with Crippen molar-refractivity contribution in [3.8, 4) is 5.75 Å². The number of carbonyl (C=O) groups is 1. The van der Waals surface area contributed by atoms with Crippen LogP contribution in [0.2, 0.25) is 0 Å². The van der Waals surface area contributed by atoms with Crippen LogP contribution in [-0.4, -0.2) is 49.5 Å². The summed E-state index contributed by atoms with van der Waals surface area (Å²) < 4.78 is 17.3. The van der Waals surface area contributed by atoms with Gasteiger partial charge in [-0.2, -0.15) is 0 Å². The number of piperidine rings is 1. The van der Waals surface area contributed by atoms with Crippen LogP contribution in [0.4, 0.5) is 0 Å². The summed E-state index contributed by atoms with van der Waals surface area (Å²) in [5, 5.41) is 0. The summed E-state index contributed by atoms with van der Waals surface area (Å²) in [4.78, 5) is 14.3. The maximum absolute atomic E-state index is 12.5. The first-order valence-corrected chi connectivity index (χ1v) is 8.78. The summed E-state index contributed by atoms with van der Waals surface area (Å²) in [5.41, 5.74) is 2.27. The summed E-state index contributed by atoms with van der Waals surface area (Å²) >= 11 is 0. The molecule has 1 aromatic rings. The van der Waals surface area contributed by atoms with Crippen molar-refractivity contribution < 1.29 is 19.0 Å². The SMILES string of the molecule is Cc1ccc(C(C)C)c(OCC(=O)N2CCC3(CC2)OCCO3)c1. The van der Waals surface area contributed by atoms with Crippen molar-refractivity contribution >= 4 is 5.91 Å². The molecule has 5 nitrogen and oxygen atoms in total. The second kappa shape index (κ2) is 7.11. The van der Waals surface area contributed by atoms with Gasteiger partial charge in [0.25, 0.3) is 5.91 Å². The summed E-state index contributed by atoms with van der Waals surface area (Å²) in [6, 6.07) is 6.17. The third kappa shape index (κ3) is 3.73. The van der Waals surface area contributed by atoms with Gasteiger partial charge in [0.2, 0.25) is 0 Å². The number of hydrogen-bond donors (Lipinski definition) is 0. The van der Waals surface area contributed by atoms with E-state index in [1.807, 2.05) is 17.9 Å². The summed E-state index contributed by atoms with van der Waals surface area (Å²) in [6.07, 6.45) is 1.47. The van der Waals surface area contributed by atoms with Gasteiger partial charge in [0.1, 0.15) is 5.75 Å². The fourth-order valence-electron chi connectivity index (χ4n) is 3.36. The van der Waals surface area contributed by atoms with Gasteiger partial charge < -0.3 is 19.1 Å². The van der Waals surface area contributed by atoms with Crippen LogP contribution in [0.3, 0.4) is 0 Å². The second-order valence-corrected chi connectivity index (χ2v) is 6.97. The average molecular weight is 333 g/mol. The molecule has 24 heavy (non-hydrogen) atoms. The maximum atomic E-state index is 12.5. The smallest absolute Gasteiger partial charge is 0.260 e. The van der Waals surface area contributed by atoms with Gasteiger partial charge in [0, 0.05) is 25.9 Å². The topological polar surface area (TPSA) is 48.0 Å². The fourth-order valence-corrected chi connectivity index (χ4v) is 3.36. The largest absolute Gasteiger partial charge is 0.483 e. The van der Waals surface area contributed by atoms with Gasteiger partial charge >= 0.3 is 0 Å². The Balaban J connectivity index is 1.56. The van der Waals surface area contributed by atoms with Crippen molar-refractivity contribution in [3.05, 3.63) is 29.3 Å². The Morgan fingerprint density at radius 2 is 1.92 bits per heavy atom. The normalized spacial score (nSPS) is 19.9. The Hall–Kier alpha value is -1.59. The second-order valence-electron chi connectivity index (χ2n) is 6.97. The van der Waals surface area contributed by atoms with Crippen LogP contribution in [0, 0.1) is 6.92 Å². The van der Waals surface area contributed by atoms with E-state index in [0.29, 0.717) is 32.2 Å². The minimum atomic E-state index is -0.445. The molecule has 2 heterocycles. The number of rotatable bonds is 4. The molecule has 1 amide bonds. The maximum Gasteiger partial charge on any atom is 0.260 e. The molecule has 1 aromatic carbocycles. The lowest BCUT2D eigenvalue weighted by Gasteiger charge is -2.37. The van der Waals surface area contributed by atoms with Gasteiger partial charge in [-0.1, -0.05) is 26.0 Å². The number of likely N-dealkylation sites (tertiary alicyclic amines) is 1. The number of nitrogens with zero attached hydrogens (tertiary/aromatic N) is 1. The van der Waals surface area contributed by atoms with E-state index in [1.165, 1.54) is 0 Å². The van der Waals surface area contributed by atoms with Crippen molar-refractivity contribution in [2.45, 2.75) is 45.3 Å². The van der Waals surface area contributed by atoms with Crippen LogP contribution in [0.25, 0.3) is 0 Å². The molecule has 2 aliphatic rings. The van der Waals surface area contributed by atoms with Gasteiger partial charge in [-0.25, -0.2) is 0 Å². The molecule has 132 valence electrons. The molecule has 0 unspecified atom stereocenters. The summed E-state index contributed by atoms with van der Waals surface area (Å²) in [7, 11) is 0. The number of benzene rings is 1. The first-order valence-electron chi connectivity index (χ1n) is 8.78. The van der Waals surface area contributed by atoms with E-state index in [1.54, 1.807) is 0 Å². The minimum Gasteiger partial charge on any atom is -0.483 e. The molecule has 0 aliphatic carbocycles. The van der Waals surface area contributed by atoms with E-state index in [-0.39, 0.29) is 12.5 Å². The molecule has 2 saturated heterocycles. The van der Waals surface area contributed by atoms with Crippen LogP contribution in [0.1, 0.15) is 43.7 Å². The average Bonchev–Trinajstić information content (AvgIpc) is 3.01. The van der Waals surface area contributed by atoms with E-state index in [9.17, 15) is 4.79 Å². The Labute approximate surface area is 143 Å². The lowest BCUT2D eigenvalue weighted by molar-refractivity contribution is -0.187. The lowest BCUT2D eigenvalue weighted by atomic mass is 10.0. The number of carbonyl (C=O) groups excluding carboxylic acids is 1. The first kappa shape index (κ1) is 17.2. The van der Waals surface area contributed by atoms with Crippen molar-refractivity contribution in [1.82, 2.24) is 4.90 Å². The molecular formula is C19H27NO4. The zero-order valence-electron chi connectivity index (χ0n) is 14.8. The van der Waals surface area contributed by atoms with Gasteiger partial charge in [0.15, 0.2) is 12.4 Å². The molecule has 0 N–H and O–H groups in total. The molecule has 1 spiro atoms. The predicted octanol–water partition coefficient (Wildman–Crippen LogP) is 2.86. The first-order chi connectivity index (χ1) is 11.5. The molecule has 2 fully saturated rings. The van der Waals surface area contributed by atoms with Crippen molar-refractivity contribution in [2.75, 3.05) is 32.9 Å². The van der Waals surface area contributed by atoms with Crippen LogP contribution >= 0.6 is 0 Å². The van der Waals surface area contributed by atoms with Crippen LogP contribution in [0.5, 0.6) is 5.75 Å². The zero-order chi connectivity index (χ0) is 17.2. The van der Waals surface area contributed by atoms with Crippen LogP contribution in [-0.2, 0) is 14.3 Å². The number of aryl methyl sites for hydroxylation is 1. The van der Waals surface area contributed by atoms with Crippen LogP contribution in [0.15, 0.2) is 18.2 Å². The predicted molar refractivity (Wildman–Crippen MR) is 91.2 cm³/mol. The summed E-state index contributed by atoms with van der Waals surface area (Å²) in [5.74, 6) is 0.759. The molecule has 0 atom stereocenters. The zero-order valence-corrected chi connectivity index (χ0v) is 14.8. The van der Waals surface area contributed by atoms with Crippen LogP contribution < -0.4 is 4.74 Å². The molecular weight excluding hydrogens is 306 g/mol. The van der Waals surface area contributed by atoms with Crippen molar-refractivity contribution in [2.24, 2.45) is 0 Å². The quantitative estimate of drug-likeness (QED) is 0.850. The molecule has 0 radical (unpaired) electrons. The highest BCUT2D eigenvalue weighted by atomic mass is 16.7. The summed E-state index contributed by atoms with van der Waals surface area (Å²) in [6.45, 7) is 9.00. The van der Waals surface area contributed by atoms with Crippen molar-refractivity contribution in [1.29, 1.82) is 0 Å². The Kier molecular flexibility index (Phi) is 5.11. The molecule has 5 heteroatoms. The lowest BCUT2D eigenvalue weighted by Crippen LogP contribution is -2.48. The molecule has 0 aromatic heterocycles. The Morgan fingerprint density at radius 3 is 2.54 bits per heavy atom. The highest BCUT2D eigenvalue weighted by molar-refractivity contribution is 5.78. The monoisotopic (exact) mass is 333 g/mol. The van der Waals surface area contributed by atoms with E-state index in [2.05, 4.69) is 26.0 Å². The van der Waals surface area contributed by atoms with Gasteiger partial charge in [-0.3, -0.25) is 4.79 Å². The van der Waals surface area contributed by atoms with E-state index >= 15 is 0 Å². The third-order valence-corrected chi connectivity index (χ3v) is 4.83.